The number of nitrogens with zero attached hydrogens (tertiary/aromatic N) is 1. The van der Waals surface area contributed by atoms with Crippen molar-refractivity contribution in [1.29, 1.82) is 0 Å². The van der Waals surface area contributed by atoms with Gasteiger partial charge in [-0.15, -0.1) is 0 Å². The zero-order valence-corrected chi connectivity index (χ0v) is 14.9. The SMILES string of the molecule is CC(=O)N(CCC(=O)NC1CCCCCC1)c1ccc(C(F)(F)F)cc1. The van der Waals surface area contributed by atoms with E-state index in [1.54, 1.807) is 0 Å². The topological polar surface area (TPSA) is 49.4 Å². The van der Waals surface area contributed by atoms with Crippen LogP contribution in [0, 0.1) is 0 Å². The van der Waals surface area contributed by atoms with Gasteiger partial charge < -0.3 is 10.2 Å². The minimum atomic E-state index is -4.42. The molecular formula is C19H25F3N2O2. The lowest BCUT2D eigenvalue weighted by atomic mass is 10.1. The number of anilines is 1. The van der Waals surface area contributed by atoms with Crippen molar-refractivity contribution >= 4 is 17.5 Å². The molecule has 0 aliphatic heterocycles. The molecule has 26 heavy (non-hydrogen) atoms. The van der Waals surface area contributed by atoms with Gasteiger partial charge in [-0.1, -0.05) is 25.7 Å². The van der Waals surface area contributed by atoms with Crippen molar-refractivity contribution in [2.24, 2.45) is 0 Å². The molecule has 1 aromatic carbocycles. The van der Waals surface area contributed by atoms with Gasteiger partial charge in [-0.25, -0.2) is 0 Å². The molecule has 0 heterocycles. The average molecular weight is 370 g/mol. The molecule has 144 valence electrons. The first-order chi connectivity index (χ1) is 12.3. The summed E-state index contributed by atoms with van der Waals surface area (Å²) in [7, 11) is 0. The number of nitrogens with one attached hydrogen (secondary N) is 1. The molecule has 7 heteroatoms. The highest BCUT2D eigenvalue weighted by Crippen LogP contribution is 2.30. The Morgan fingerprint density at radius 2 is 1.65 bits per heavy atom. The van der Waals surface area contributed by atoms with Crippen molar-refractivity contribution in [3.63, 3.8) is 0 Å². The van der Waals surface area contributed by atoms with Crippen LogP contribution in [0.3, 0.4) is 0 Å². The summed E-state index contributed by atoms with van der Waals surface area (Å²) >= 11 is 0. The van der Waals surface area contributed by atoms with Gasteiger partial charge in [-0.05, 0) is 37.1 Å². The van der Waals surface area contributed by atoms with Crippen LogP contribution in [0.4, 0.5) is 18.9 Å². The smallest absolute Gasteiger partial charge is 0.353 e. The molecule has 1 N–H and O–H groups in total. The lowest BCUT2D eigenvalue weighted by Crippen LogP contribution is -2.38. The first-order valence-corrected chi connectivity index (χ1v) is 9.02. The van der Waals surface area contributed by atoms with Crippen molar-refractivity contribution in [3.8, 4) is 0 Å². The highest BCUT2D eigenvalue weighted by molar-refractivity contribution is 5.92. The number of alkyl halides is 3. The zero-order chi connectivity index (χ0) is 19.2. The largest absolute Gasteiger partial charge is 0.416 e. The van der Waals surface area contributed by atoms with Gasteiger partial charge in [0.05, 0.1) is 5.56 Å². The van der Waals surface area contributed by atoms with E-state index < -0.39 is 11.7 Å². The molecule has 0 radical (unpaired) electrons. The Balaban J connectivity index is 1.93. The standard InChI is InChI=1S/C19H25F3N2O2/c1-14(25)24(17-10-8-15(9-11-17)19(20,21)22)13-12-18(26)23-16-6-4-2-3-5-7-16/h8-11,16H,2-7,12-13H2,1H3,(H,23,26). The van der Waals surface area contributed by atoms with Crippen molar-refractivity contribution in [1.82, 2.24) is 5.32 Å². The number of rotatable bonds is 5. The number of amides is 2. The van der Waals surface area contributed by atoms with Gasteiger partial charge in [-0.3, -0.25) is 9.59 Å². The molecule has 1 fully saturated rings. The second-order valence-corrected chi connectivity index (χ2v) is 6.72. The second kappa shape index (κ2) is 9.05. The minimum absolute atomic E-state index is 0.122. The number of benzene rings is 1. The summed E-state index contributed by atoms with van der Waals surface area (Å²) in [6, 6.07) is 4.58. The first-order valence-electron chi connectivity index (χ1n) is 9.02. The fourth-order valence-corrected chi connectivity index (χ4v) is 3.24. The third kappa shape index (κ3) is 6.04. The average Bonchev–Trinajstić information content (AvgIpc) is 2.83. The van der Waals surface area contributed by atoms with Crippen LogP contribution < -0.4 is 10.2 Å². The summed E-state index contributed by atoms with van der Waals surface area (Å²) in [4.78, 5) is 25.3. The number of carbonyl (C=O) groups excluding carboxylic acids is 2. The van der Waals surface area contributed by atoms with Crippen molar-refractivity contribution in [2.45, 2.75) is 64.1 Å². The molecular weight excluding hydrogens is 345 g/mol. The van der Waals surface area contributed by atoms with Gasteiger partial charge >= 0.3 is 6.18 Å². The molecule has 1 aliphatic carbocycles. The molecule has 1 saturated carbocycles. The second-order valence-electron chi connectivity index (χ2n) is 6.72. The monoisotopic (exact) mass is 370 g/mol. The van der Waals surface area contributed by atoms with Crippen LogP contribution in [0.2, 0.25) is 0 Å². The van der Waals surface area contributed by atoms with Gasteiger partial charge in [0.25, 0.3) is 0 Å². The van der Waals surface area contributed by atoms with Gasteiger partial charge in [0.1, 0.15) is 0 Å². The Morgan fingerprint density at radius 1 is 1.08 bits per heavy atom. The summed E-state index contributed by atoms with van der Waals surface area (Å²) in [5.74, 6) is -0.443. The van der Waals surface area contributed by atoms with Crippen molar-refractivity contribution in [3.05, 3.63) is 29.8 Å². The number of hydrogen-bond donors (Lipinski definition) is 1. The van der Waals surface area contributed by atoms with E-state index in [1.165, 1.54) is 36.8 Å². The molecule has 0 spiro atoms. The summed E-state index contributed by atoms with van der Waals surface area (Å²) < 4.78 is 38.0. The normalized spacial score (nSPS) is 16.0. The minimum Gasteiger partial charge on any atom is -0.353 e. The lowest BCUT2D eigenvalue weighted by molar-refractivity contribution is -0.137. The molecule has 4 nitrogen and oxygen atoms in total. The van der Waals surface area contributed by atoms with E-state index in [2.05, 4.69) is 5.32 Å². The van der Waals surface area contributed by atoms with E-state index in [-0.39, 0.29) is 30.8 Å². The van der Waals surface area contributed by atoms with E-state index in [1.807, 2.05) is 0 Å². The highest BCUT2D eigenvalue weighted by atomic mass is 19.4. The first kappa shape index (κ1) is 20.3. The summed E-state index contributed by atoms with van der Waals surface area (Å²) in [6.07, 6.45) is 2.25. The third-order valence-corrected chi connectivity index (χ3v) is 4.67. The van der Waals surface area contributed by atoms with Crippen LogP contribution >= 0.6 is 0 Å². The molecule has 2 rings (SSSR count). The van der Waals surface area contributed by atoms with Crippen LogP contribution in [0.5, 0.6) is 0 Å². The number of carbonyl (C=O) groups is 2. The van der Waals surface area contributed by atoms with Crippen molar-refractivity contribution < 1.29 is 22.8 Å². The molecule has 0 atom stereocenters. The molecule has 2 amide bonds. The van der Waals surface area contributed by atoms with E-state index in [9.17, 15) is 22.8 Å². The molecule has 1 aliphatic rings. The maximum Gasteiger partial charge on any atom is 0.416 e. The fourth-order valence-electron chi connectivity index (χ4n) is 3.24. The molecule has 1 aromatic rings. The van der Waals surface area contributed by atoms with Crippen LogP contribution in [0.25, 0.3) is 0 Å². The number of halogens is 3. The highest BCUT2D eigenvalue weighted by Gasteiger charge is 2.30. The van der Waals surface area contributed by atoms with Crippen LogP contribution in [0.1, 0.15) is 57.4 Å². The van der Waals surface area contributed by atoms with Gasteiger partial charge in [0.2, 0.25) is 11.8 Å². The van der Waals surface area contributed by atoms with E-state index in [0.29, 0.717) is 5.69 Å². The maximum atomic E-state index is 12.7. The summed E-state index contributed by atoms with van der Waals surface area (Å²) in [6.45, 7) is 1.47. The van der Waals surface area contributed by atoms with Gasteiger partial charge in [0.15, 0.2) is 0 Å². The zero-order valence-electron chi connectivity index (χ0n) is 14.9. The Kier molecular flexibility index (Phi) is 7.06. The maximum absolute atomic E-state index is 12.7. The molecule has 0 unspecified atom stereocenters. The Morgan fingerprint density at radius 3 is 2.15 bits per heavy atom. The molecule has 0 saturated heterocycles. The Hall–Kier alpha value is -2.05. The Labute approximate surface area is 151 Å². The quantitative estimate of drug-likeness (QED) is 0.786. The predicted molar refractivity (Wildman–Crippen MR) is 93.7 cm³/mol. The van der Waals surface area contributed by atoms with E-state index in [0.717, 1.165) is 37.8 Å². The van der Waals surface area contributed by atoms with Crippen molar-refractivity contribution in [2.75, 3.05) is 11.4 Å². The third-order valence-electron chi connectivity index (χ3n) is 4.67. The summed E-state index contributed by atoms with van der Waals surface area (Å²) in [5, 5.41) is 3.01. The van der Waals surface area contributed by atoms with Crippen LogP contribution in [-0.4, -0.2) is 24.4 Å². The van der Waals surface area contributed by atoms with Crippen LogP contribution in [0.15, 0.2) is 24.3 Å². The Bertz CT molecular complexity index is 606. The van der Waals surface area contributed by atoms with Crippen LogP contribution in [-0.2, 0) is 15.8 Å². The van der Waals surface area contributed by atoms with E-state index >= 15 is 0 Å². The summed E-state index contributed by atoms with van der Waals surface area (Å²) in [5.41, 5.74) is -0.413. The predicted octanol–water partition coefficient (Wildman–Crippen LogP) is 4.29. The van der Waals surface area contributed by atoms with E-state index in [4.69, 9.17) is 0 Å². The fraction of sp³-hybridized carbons (Fsp3) is 0.579. The van der Waals surface area contributed by atoms with Gasteiger partial charge in [-0.2, -0.15) is 13.2 Å². The number of hydrogen-bond acceptors (Lipinski definition) is 2. The lowest BCUT2D eigenvalue weighted by Gasteiger charge is -2.22. The van der Waals surface area contributed by atoms with Gasteiger partial charge in [0, 0.05) is 31.6 Å². The molecule has 0 aromatic heterocycles. The molecule has 0 bridgehead atoms.